The minimum Gasteiger partial charge on any atom is -0.508 e. The lowest BCUT2D eigenvalue weighted by Crippen LogP contribution is -2.49. The van der Waals surface area contributed by atoms with Crippen molar-refractivity contribution in [2.24, 2.45) is 0 Å². The Morgan fingerprint density at radius 1 is 1.24 bits per heavy atom. The van der Waals surface area contributed by atoms with Gasteiger partial charge in [0.2, 0.25) is 0 Å². The summed E-state index contributed by atoms with van der Waals surface area (Å²) in [6, 6.07) is 6.76. The van der Waals surface area contributed by atoms with Gasteiger partial charge in [0.05, 0.1) is 5.54 Å². The van der Waals surface area contributed by atoms with E-state index in [4.69, 9.17) is 4.74 Å². The minimum atomic E-state index is -0.986. The molecule has 0 saturated heterocycles. The van der Waals surface area contributed by atoms with Gasteiger partial charge in [0.15, 0.2) is 0 Å². The molecule has 0 aromatic heterocycles. The summed E-state index contributed by atoms with van der Waals surface area (Å²) in [6.45, 7) is 6.95. The van der Waals surface area contributed by atoms with Gasteiger partial charge in [-0.05, 0) is 58.2 Å². The normalized spacial score (nSPS) is 14.1. The van der Waals surface area contributed by atoms with Crippen LogP contribution in [0.4, 0.5) is 4.79 Å². The largest absolute Gasteiger partial charge is 0.508 e. The van der Waals surface area contributed by atoms with Gasteiger partial charge in [0.25, 0.3) is 0 Å². The second-order valence-corrected chi connectivity index (χ2v) is 6.33. The molecule has 0 heterocycles. The molecule has 0 saturated carbocycles. The van der Waals surface area contributed by atoms with Crippen molar-refractivity contribution in [3.8, 4) is 5.75 Å². The van der Waals surface area contributed by atoms with Gasteiger partial charge in [0, 0.05) is 0 Å². The zero-order chi connectivity index (χ0) is 16.1. The summed E-state index contributed by atoms with van der Waals surface area (Å²) >= 11 is 0. The maximum absolute atomic E-state index is 11.8. The van der Waals surface area contributed by atoms with Crippen LogP contribution >= 0.6 is 0 Å². The van der Waals surface area contributed by atoms with E-state index in [1.54, 1.807) is 52.0 Å². The maximum Gasteiger partial charge on any atom is 0.408 e. The number of nitrogens with one attached hydrogen (secondary N) is 1. The molecule has 1 amide bonds. The molecule has 0 spiro atoms. The van der Waals surface area contributed by atoms with E-state index in [1.165, 1.54) is 0 Å². The number of phenols is 1. The standard InChI is InChI=1S/C16H23NO4/c1-15(2,3)21-14(20)17-16(4,11-18)10-9-12-5-7-13(19)8-6-12/h5-8,11,19H,9-10H2,1-4H3,(H,17,20). The number of amides is 1. The Kier molecular flexibility index (Phi) is 5.35. The van der Waals surface area contributed by atoms with Crippen LogP contribution < -0.4 is 5.32 Å². The van der Waals surface area contributed by atoms with Crippen LogP contribution in [0.1, 0.15) is 39.7 Å². The van der Waals surface area contributed by atoms with Crippen molar-refractivity contribution in [2.75, 3.05) is 0 Å². The lowest BCUT2D eigenvalue weighted by molar-refractivity contribution is -0.113. The van der Waals surface area contributed by atoms with Gasteiger partial charge in [0.1, 0.15) is 17.6 Å². The molecule has 0 fully saturated rings. The predicted octanol–water partition coefficient (Wildman–Crippen LogP) is 2.81. The van der Waals surface area contributed by atoms with Crippen LogP contribution in [0.25, 0.3) is 0 Å². The van der Waals surface area contributed by atoms with Crippen molar-refractivity contribution in [3.05, 3.63) is 29.8 Å². The molecule has 2 N–H and O–H groups in total. The molecule has 1 unspecified atom stereocenters. The molecule has 0 aliphatic rings. The average molecular weight is 293 g/mol. The van der Waals surface area contributed by atoms with Crippen LogP contribution in [-0.4, -0.2) is 28.6 Å². The molecule has 116 valence electrons. The zero-order valence-corrected chi connectivity index (χ0v) is 13.0. The smallest absolute Gasteiger partial charge is 0.408 e. The van der Waals surface area contributed by atoms with Gasteiger partial charge in [-0.25, -0.2) is 4.79 Å². The van der Waals surface area contributed by atoms with Gasteiger partial charge in [-0.2, -0.15) is 0 Å². The van der Waals surface area contributed by atoms with Gasteiger partial charge in [-0.1, -0.05) is 12.1 Å². The number of hydrogen-bond donors (Lipinski definition) is 2. The average Bonchev–Trinajstić information content (AvgIpc) is 2.36. The van der Waals surface area contributed by atoms with Crippen LogP contribution in [0.5, 0.6) is 5.75 Å². The number of aldehydes is 1. The molecule has 1 atom stereocenters. The van der Waals surface area contributed by atoms with Crippen LogP contribution in [-0.2, 0) is 16.0 Å². The van der Waals surface area contributed by atoms with Gasteiger partial charge < -0.3 is 20.0 Å². The minimum absolute atomic E-state index is 0.198. The summed E-state index contributed by atoms with van der Waals surface area (Å²) < 4.78 is 5.16. The molecule has 5 nitrogen and oxygen atoms in total. The fraction of sp³-hybridized carbons (Fsp3) is 0.500. The first-order valence-corrected chi connectivity index (χ1v) is 6.89. The van der Waals surface area contributed by atoms with E-state index in [-0.39, 0.29) is 5.75 Å². The van der Waals surface area contributed by atoms with Gasteiger partial charge >= 0.3 is 6.09 Å². The Morgan fingerprint density at radius 3 is 2.29 bits per heavy atom. The number of carbonyl (C=O) groups is 2. The monoisotopic (exact) mass is 293 g/mol. The topological polar surface area (TPSA) is 75.6 Å². The highest BCUT2D eigenvalue weighted by molar-refractivity contribution is 5.76. The Balaban J connectivity index is 2.61. The third kappa shape index (κ3) is 6.29. The van der Waals surface area contributed by atoms with E-state index in [1.807, 2.05) is 0 Å². The summed E-state index contributed by atoms with van der Waals surface area (Å²) in [5.74, 6) is 0.198. The molecule has 1 rings (SSSR count). The summed E-state index contributed by atoms with van der Waals surface area (Å²) in [6.07, 6.45) is 1.16. The fourth-order valence-electron chi connectivity index (χ4n) is 1.75. The molecule has 0 aliphatic heterocycles. The number of aromatic hydroxyl groups is 1. The van der Waals surface area contributed by atoms with Crippen LogP contribution in [0, 0.1) is 0 Å². The molecule has 0 radical (unpaired) electrons. The SMILES string of the molecule is CC(C=O)(CCc1ccc(O)cc1)NC(=O)OC(C)(C)C. The highest BCUT2D eigenvalue weighted by Crippen LogP contribution is 2.16. The quantitative estimate of drug-likeness (QED) is 0.819. The van der Waals surface area contributed by atoms with E-state index in [9.17, 15) is 14.7 Å². The van der Waals surface area contributed by atoms with E-state index in [0.717, 1.165) is 11.8 Å². The summed E-state index contributed by atoms with van der Waals surface area (Å²) in [5, 5.41) is 11.8. The summed E-state index contributed by atoms with van der Waals surface area (Å²) in [5.41, 5.74) is -0.614. The van der Waals surface area contributed by atoms with E-state index >= 15 is 0 Å². The van der Waals surface area contributed by atoms with Gasteiger partial charge in [-0.15, -0.1) is 0 Å². The Bertz CT molecular complexity index is 490. The third-order valence-corrected chi connectivity index (χ3v) is 2.92. The maximum atomic E-state index is 11.8. The molecular formula is C16H23NO4. The predicted molar refractivity (Wildman–Crippen MR) is 80.3 cm³/mol. The highest BCUT2D eigenvalue weighted by Gasteiger charge is 2.28. The number of benzene rings is 1. The van der Waals surface area contributed by atoms with Crippen molar-refractivity contribution in [1.29, 1.82) is 0 Å². The van der Waals surface area contributed by atoms with Crippen molar-refractivity contribution in [3.63, 3.8) is 0 Å². The molecular weight excluding hydrogens is 270 g/mol. The molecule has 21 heavy (non-hydrogen) atoms. The number of alkyl carbamates (subject to hydrolysis) is 1. The lowest BCUT2D eigenvalue weighted by Gasteiger charge is -2.27. The number of carbonyl (C=O) groups excluding carboxylic acids is 2. The number of hydrogen-bond acceptors (Lipinski definition) is 4. The molecule has 1 aromatic rings. The Morgan fingerprint density at radius 2 is 1.81 bits per heavy atom. The second kappa shape index (κ2) is 6.61. The summed E-state index contributed by atoms with van der Waals surface area (Å²) in [4.78, 5) is 23.1. The number of ether oxygens (including phenoxy) is 1. The van der Waals surface area contributed by atoms with Crippen molar-refractivity contribution in [2.45, 2.75) is 51.7 Å². The fourth-order valence-corrected chi connectivity index (χ4v) is 1.75. The van der Waals surface area contributed by atoms with Crippen LogP contribution in [0.2, 0.25) is 0 Å². The molecule has 1 aromatic carbocycles. The van der Waals surface area contributed by atoms with Crippen LogP contribution in [0.3, 0.4) is 0 Å². The Hall–Kier alpha value is -2.04. The van der Waals surface area contributed by atoms with E-state index in [2.05, 4.69) is 5.32 Å². The van der Waals surface area contributed by atoms with E-state index < -0.39 is 17.2 Å². The summed E-state index contributed by atoms with van der Waals surface area (Å²) in [7, 11) is 0. The Labute approximate surface area is 125 Å². The first-order valence-electron chi connectivity index (χ1n) is 6.89. The lowest BCUT2D eigenvalue weighted by atomic mass is 9.95. The third-order valence-electron chi connectivity index (χ3n) is 2.92. The highest BCUT2D eigenvalue weighted by atomic mass is 16.6. The van der Waals surface area contributed by atoms with Crippen molar-refractivity contribution < 1.29 is 19.4 Å². The molecule has 5 heteroatoms. The molecule has 0 bridgehead atoms. The van der Waals surface area contributed by atoms with Gasteiger partial charge in [-0.3, -0.25) is 0 Å². The molecule has 0 aliphatic carbocycles. The van der Waals surface area contributed by atoms with E-state index in [0.29, 0.717) is 12.8 Å². The number of phenolic OH excluding ortho intramolecular Hbond substituents is 1. The zero-order valence-electron chi connectivity index (χ0n) is 13.0. The number of rotatable bonds is 5. The first kappa shape index (κ1) is 17.0. The van der Waals surface area contributed by atoms with Crippen molar-refractivity contribution in [1.82, 2.24) is 5.32 Å². The second-order valence-electron chi connectivity index (χ2n) is 6.33. The van der Waals surface area contributed by atoms with Crippen LogP contribution in [0.15, 0.2) is 24.3 Å². The first-order chi connectivity index (χ1) is 9.63. The van der Waals surface area contributed by atoms with Crippen molar-refractivity contribution >= 4 is 12.4 Å². The number of aryl methyl sites for hydroxylation is 1.